The predicted molar refractivity (Wildman–Crippen MR) is 103 cm³/mol. The number of anilines is 1. The highest BCUT2D eigenvalue weighted by molar-refractivity contribution is 5.93. The Balaban J connectivity index is 1.87. The van der Waals surface area contributed by atoms with Crippen LogP contribution >= 0.6 is 0 Å². The van der Waals surface area contributed by atoms with Crippen LogP contribution in [-0.2, 0) is 14.3 Å². The van der Waals surface area contributed by atoms with Gasteiger partial charge in [0.15, 0.2) is 6.10 Å². The van der Waals surface area contributed by atoms with Crippen molar-refractivity contribution in [3.63, 3.8) is 0 Å². The molecule has 3 N–H and O–H groups in total. The zero-order valence-electron chi connectivity index (χ0n) is 16.2. The summed E-state index contributed by atoms with van der Waals surface area (Å²) in [7, 11) is 0. The maximum atomic E-state index is 12.5. The number of urea groups is 1. The molecule has 2 atom stereocenters. The first kappa shape index (κ1) is 20.7. The number of rotatable bonds is 7. The number of ether oxygens (including phenoxy) is 1. The van der Waals surface area contributed by atoms with E-state index in [-0.39, 0.29) is 17.9 Å². The van der Waals surface area contributed by atoms with Crippen molar-refractivity contribution in [2.24, 2.45) is 5.92 Å². The second kappa shape index (κ2) is 9.94. The molecule has 1 aromatic rings. The fraction of sp³-hybridized carbons (Fsp3) is 0.550. The van der Waals surface area contributed by atoms with E-state index in [9.17, 15) is 14.4 Å². The van der Waals surface area contributed by atoms with Gasteiger partial charge in [0.2, 0.25) is 0 Å². The van der Waals surface area contributed by atoms with E-state index >= 15 is 0 Å². The summed E-state index contributed by atoms with van der Waals surface area (Å²) >= 11 is 0. The number of hydrogen-bond donors (Lipinski definition) is 3. The molecule has 1 aliphatic carbocycles. The number of amides is 3. The van der Waals surface area contributed by atoms with Gasteiger partial charge in [-0.2, -0.15) is 0 Å². The maximum Gasteiger partial charge on any atom is 0.329 e. The van der Waals surface area contributed by atoms with Crippen molar-refractivity contribution >= 4 is 23.6 Å². The van der Waals surface area contributed by atoms with Crippen molar-refractivity contribution in [1.82, 2.24) is 10.6 Å². The lowest BCUT2D eigenvalue weighted by Gasteiger charge is -2.23. The molecule has 0 aromatic heterocycles. The Hall–Kier alpha value is -2.57. The molecular weight excluding hydrogens is 346 g/mol. The first-order chi connectivity index (χ1) is 12.9. The normalized spacial score (nSPS) is 16.4. The lowest BCUT2D eigenvalue weighted by atomic mass is 10.0. The Morgan fingerprint density at radius 3 is 2.26 bits per heavy atom. The Bertz CT molecular complexity index is 642. The second-order valence-corrected chi connectivity index (χ2v) is 7.26. The third-order valence-corrected chi connectivity index (χ3v) is 4.60. The number of benzene rings is 1. The molecule has 0 unspecified atom stereocenters. The average molecular weight is 375 g/mol. The molecular formula is C20H29N3O4. The Kier molecular flexibility index (Phi) is 7.64. The van der Waals surface area contributed by atoms with Crippen LogP contribution in [0.5, 0.6) is 0 Å². The van der Waals surface area contributed by atoms with Gasteiger partial charge in [-0.15, -0.1) is 0 Å². The number of hydrogen-bond acceptors (Lipinski definition) is 4. The highest BCUT2D eigenvalue weighted by Gasteiger charge is 2.30. The van der Waals surface area contributed by atoms with Crippen LogP contribution in [-0.4, -0.2) is 36.1 Å². The highest BCUT2D eigenvalue weighted by Crippen LogP contribution is 2.18. The van der Waals surface area contributed by atoms with Crippen molar-refractivity contribution in [2.75, 3.05) is 5.32 Å². The lowest BCUT2D eigenvalue weighted by molar-refractivity contribution is -0.157. The predicted octanol–water partition coefficient (Wildman–Crippen LogP) is 2.82. The lowest BCUT2D eigenvalue weighted by Crippen LogP contribution is -2.49. The molecule has 1 aliphatic rings. The fourth-order valence-electron chi connectivity index (χ4n) is 3.02. The van der Waals surface area contributed by atoms with Gasteiger partial charge in [0, 0.05) is 11.7 Å². The van der Waals surface area contributed by atoms with E-state index in [4.69, 9.17) is 4.74 Å². The zero-order valence-corrected chi connectivity index (χ0v) is 16.2. The SMILES string of the molecule is CC(C)[C@H](NC(=O)Nc1ccccc1)C(=O)O[C@@H](C)C(=O)NC1CCCC1. The number of carbonyl (C=O) groups excluding carboxylic acids is 3. The van der Waals surface area contributed by atoms with Crippen molar-refractivity contribution in [1.29, 1.82) is 0 Å². The molecule has 0 aliphatic heterocycles. The summed E-state index contributed by atoms with van der Waals surface area (Å²) < 4.78 is 5.30. The first-order valence-corrected chi connectivity index (χ1v) is 9.50. The van der Waals surface area contributed by atoms with Gasteiger partial charge in [-0.25, -0.2) is 9.59 Å². The van der Waals surface area contributed by atoms with Gasteiger partial charge in [-0.05, 0) is 37.8 Å². The van der Waals surface area contributed by atoms with Gasteiger partial charge in [0.1, 0.15) is 6.04 Å². The van der Waals surface area contributed by atoms with E-state index in [2.05, 4.69) is 16.0 Å². The summed E-state index contributed by atoms with van der Waals surface area (Å²) in [5.41, 5.74) is 0.621. The second-order valence-electron chi connectivity index (χ2n) is 7.26. The molecule has 1 aromatic carbocycles. The van der Waals surface area contributed by atoms with Crippen LogP contribution in [0.3, 0.4) is 0 Å². The average Bonchev–Trinajstić information content (AvgIpc) is 3.13. The van der Waals surface area contributed by atoms with Crippen molar-refractivity contribution in [3.8, 4) is 0 Å². The van der Waals surface area contributed by atoms with Gasteiger partial charge in [-0.1, -0.05) is 44.9 Å². The molecule has 1 saturated carbocycles. The van der Waals surface area contributed by atoms with Crippen molar-refractivity contribution in [3.05, 3.63) is 30.3 Å². The van der Waals surface area contributed by atoms with Crippen LogP contribution in [0.4, 0.5) is 10.5 Å². The monoisotopic (exact) mass is 375 g/mol. The van der Waals surface area contributed by atoms with Crippen LogP contribution in [0.2, 0.25) is 0 Å². The molecule has 3 amide bonds. The van der Waals surface area contributed by atoms with E-state index in [1.54, 1.807) is 45.0 Å². The van der Waals surface area contributed by atoms with Crippen LogP contribution in [0.25, 0.3) is 0 Å². The minimum Gasteiger partial charge on any atom is -0.451 e. The summed E-state index contributed by atoms with van der Waals surface area (Å²) in [6, 6.07) is 7.75. The third-order valence-electron chi connectivity index (χ3n) is 4.60. The van der Waals surface area contributed by atoms with Crippen LogP contribution in [0.1, 0.15) is 46.5 Å². The molecule has 0 heterocycles. The van der Waals surface area contributed by atoms with Gasteiger partial charge < -0.3 is 20.7 Å². The van der Waals surface area contributed by atoms with E-state index in [1.165, 1.54) is 0 Å². The summed E-state index contributed by atoms with van der Waals surface area (Å²) in [5.74, 6) is -1.11. The summed E-state index contributed by atoms with van der Waals surface area (Å²) in [6.07, 6.45) is 3.23. The van der Waals surface area contributed by atoms with Crippen molar-refractivity contribution < 1.29 is 19.1 Å². The number of esters is 1. The fourth-order valence-corrected chi connectivity index (χ4v) is 3.02. The van der Waals surface area contributed by atoms with Crippen molar-refractivity contribution in [2.45, 2.75) is 64.6 Å². The minimum atomic E-state index is -0.904. The quantitative estimate of drug-likeness (QED) is 0.639. The smallest absolute Gasteiger partial charge is 0.329 e. The molecule has 7 heteroatoms. The van der Waals surface area contributed by atoms with Crippen LogP contribution < -0.4 is 16.0 Å². The van der Waals surface area contributed by atoms with E-state index in [0.717, 1.165) is 25.7 Å². The van der Waals surface area contributed by atoms with E-state index < -0.39 is 24.1 Å². The van der Waals surface area contributed by atoms with Gasteiger partial charge in [0.05, 0.1) is 0 Å². The van der Waals surface area contributed by atoms with E-state index in [1.807, 2.05) is 6.07 Å². The van der Waals surface area contributed by atoms with E-state index in [0.29, 0.717) is 5.69 Å². The summed E-state index contributed by atoms with van der Waals surface area (Å²) in [5, 5.41) is 8.20. The highest BCUT2D eigenvalue weighted by atomic mass is 16.5. The molecule has 1 fully saturated rings. The Morgan fingerprint density at radius 2 is 1.67 bits per heavy atom. The molecule has 2 rings (SSSR count). The molecule has 148 valence electrons. The number of para-hydroxylation sites is 1. The van der Waals surface area contributed by atoms with Gasteiger partial charge in [-0.3, -0.25) is 4.79 Å². The molecule has 7 nitrogen and oxygen atoms in total. The molecule has 27 heavy (non-hydrogen) atoms. The topological polar surface area (TPSA) is 96.5 Å². The molecule has 0 spiro atoms. The largest absolute Gasteiger partial charge is 0.451 e. The Morgan fingerprint density at radius 1 is 1.04 bits per heavy atom. The van der Waals surface area contributed by atoms with Crippen LogP contribution in [0.15, 0.2) is 30.3 Å². The number of carbonyl (C=O) groups is 3. The number of nitrogens with one attached hydrogen (secondary N) is 3. The van der Waals surface area contributed by atoms with Gasteiger partial charge in [0.25, 0.3) is 5.91 Å². The van der Waals surface area contributed by atoms with Gasteiger partial charge >= 0.3 is 12.0 Å². The zero-order chi connectivity index (χ0) is 19.8. The van der Waals surface area contributed by atoms with Crippen LogP contribution in [0, 0.1) is 5.92 Å². The Labute approximate surface area is 160 Å². The maximum absolute atomic E-state index is 12.5. The first-order valence-electron chi connectivity index (χ1n) is 9.50. The standard InChI is InChI=1S/C20H29N3O4/c1-13(2)17(23-20(26)22-16-9-5-4-6-10-16)19(25)27-14(3)18(24)21-15-11-7-8-12-15/h4-6,9-10,13-15,17H,7-8,11-12H2,1-3H3,(H,21,24)(H2,22,23,26)/t14-,17-/m0/s1. The summed E-state index contributed by atoms with van der Waals surface area (Å²) in [6.45, 7) is 5.15. The molecule has 0 radical (unpaired) electrons. The molecule has 0 saturated heterocycles. The molecule has 0 bridgehead atoms. The minimum absolute atomic E-state index is 0.161. The summed E-state index contributed by atoms with van der Waals surface area (Å²) in [4.78, 5) is 36.9. The third kappa shape index (κ3) is 6.58.